The minimum Gasteiger partial charge on any atom is -0.383 e. The van der Waals surface area contributed by atoms with E-state index in [2.05, 4.69) is 15.7 Å². The number of aryl methyl sites for hydroxylation is 2. The average Bonchev–Trinajstić information content (AvgIpc) is 2.67. The zero-order valence-electron chi connectivity index (χ0n) is 11.3. The Morgan fingerprint density at radius 2 is 1.85 bits per heavy atom. The molecule has 2 N–H and O–H groups in total. The minimum absolute atomic E-state index is 0.0992. The molecule has 1 heterocycles. The first-order valence-electron chi connectivity index (χ1n) is 5.91. The van der Waals surface area contributed by atoms with E-state index in [0.29, 0.717) is 5.82 Å². The molecule has 0 unspecified atom stereocenters. The maximum atomic E-state index is 13.6. The van der Waals surface area contributed by atoms with Gasteiger partial charge in [-0.25, -0.2) is 8.78 Å². The van der Waals surface area contributed by atoms with E-state index in [9.17, 15) is 13.6 Å². The Bertz CT molecular complexity index is 643. The van der Waals surface area contributed by atoms with Gasteiger partial charge in [-0.3, -0.25) is 9.48 Å². The Morgan fingerprint density at radius 1 is 1.25 bits per heavy atom. The Labute approximate surface area is 114 Å². The number of amides is 1. The highest BCUT2D eigenvalue weighted by atomic mass is 19.1. The van der Waals surface area contributed by atoms with Crippen molar-refractivity contribution in [2.75, 3.05) is 17.7 Å². The molecule has 2 aromatic rings. The molecule has 1 amide bonds. The third kappa shape index (κ3) is 2.61. The Morgan fingerprint density at radius 3 is 2.30 bits per heavy atom. The van der Waals surface area contributed by atoms with E-state index >= 15 is 0 Å². The third-order valence-corrected chi connectivity index (χ3v) is 2.80. The molecule has 5 nitrogen and oxygen atoms in total. The fourth-order valence-corrected chi connectivity index (χ4v) is 1.86. The van der Waals surface area contributed by atoms with E-state index in [1.54, 1.807) is 20.0 Å². The van der Waals surface area contributed by atoms with Crippen molar-refractivity contribution in [1.82, 2.24) is 9.78 Å². The van der Waals surface area contributed by atoms with Crippen LogP contribution in [0.2, 0.25) is 0 Å². The fraction of sp³-hybridized carbons (Fsp3) is 0.231. The first kappa shape index (κ1) is 14.0. The molecule has 0 saturated carbocycles. The fourth-order valence-electron chi connectivity index (χ4n) is 1.86. The number of nitrogens with one attached hydrogen (secondary N) is 2. The molecule has 20 heavy (non-hydrogen) atoms. The molecule has 0 radical (unpaired) electrons. The van der Waals surface area contributed by atoms with E-state index in [4.69, 9.17) is 0 Å². The topological polar surface area (TPSA) is 59.0 Å². The monoisotopic (exact) mass is 280 g/mol. The molecule has 0 aliphatic carbocycles. The van der Waals surface area contributed by atoms with Crippen molar-refractivity contribution in [3.05, 3.63) is 41.1 Å². The Kier molecular flexibility index (Phi) is 3.69. The van der Waals surface area contributed by atoms with Crippen molar-refractivity contribution < 1.29 is 13.6 Å². The lowest BCUT2D eigenvalue weighted by Gasteiger charge is -2.08. The summed E-state index contributed by atoms with van der Waals surface area (Å²) in [6.07, 6.45) is 0. The number of hydrogen-bond donors (Lipinski definition) is 2. The van der Waals surface area contributed by atoms with E-state index < -0.39 is 17.5 Å². The summed E-state index contributed by atoms with van der Waals surface area (Å²) in [5.41, 5.74) is 0.362. The zero-order valence-corrected chi connectivity index (χ0v) is 11.3. The summed E-state index contributed by atoms with van der Waals surface area (Å²) >= 11 is 0. The van der Waals surface area contributed by atoms with Crippen molar-refractivity contribution in [2.45, 2.75) is 6.92 Å². The summed E-state index contributed by atoms with van der Waals surface area (Å²) < 4.78 is 28.7. The first-order chi connectivity index (χ1) is 9.42. The zero-order chi connectivity index (χ0) is 14.9. The van der Waals surface area contributed by atoms with E-state index in [-0.39, 0.29) is 11.3 Å². The van der Waals surface area contributed by atoms with Crippen LogP contribution in [0.25, 0.3) is 0 Å². The van der Waals surface area contributed by atoms with Gasteiger partial charge < -0.3 is 10.6 Å². The number of benzene rings is 1. The molecule has 2 rings (SSSR count). The van der Waals surface area contributed by atoms with Crippen LogP contribution < -0.4 is 10.6 Å². The summed E-state index contributed by atoms with van der Waals surface area (Å²) in [6, 6.07) is 3.62. The highest BCUT2D eigenvalue weighted by molar-refractivity contribution is 6.04. The maximum Gasteiger partial charge on any atom is 0.257 e. The first-order valence-corrected chi connectivity index (χ1v) is 5.91. The van der Waals surface area contributed by atoms with E-state index in [1.165, 1.54) is 11.7 Å². The molecule has 7 heteroatoms. The van der Waals surface area contributed by atoms with Crippen LogP contribution in [-0.2, 0) is 7.05 Å². The summed E-state index contributed by atoms with van der Waals surface area (Å²) in [4.78, 5) is 12.0. The molecule has 0 atom stereocenters. The molecule has 0 fully saturated rings. The van der Waals surface area contributed by atoms with Crippen LogP contribution >= 0.6 is 0 Å². The molecule has 0 aliphatic heterocycles. The molecule has 0 aliphatic rings. The van der Waals surface area contributed by atoms with Crippen LogP contribution in [0.3, 0.4) is 0 Å². The SMILES string of the molecule is CNc1c(F)cc(C(=O)Nc2cc(C)nn2C)cc1F. The summed E-state index contributed by atoms with van der Waals surface area (Å²) in [5, 5.41) is 9.01. The number of halogens is 2. The lowest BCUT2D eigenvalue weighted by Crippen LogP contribution is -2.15. The van der Waals surface area contributed by atoms with E-state index in [1.807, 2.05) is 0 Å². The highest BCUT2D eigenvalue weighted by Gasteiger charge is 2.15. The van der Waals surface area contributed by atoms with E-state index in [0.717, 1.165) is 17.8 Å². The van der Waals surface area contributed by atoms with Gasteiger partial charge in [-0.05, 0) is 19.1 Å². The average molecular weight is 280 g/mol. The van der Waals surface area contributed by atoms with Gasteiger partial charge in [0, 0.05) is 25.7 Å². The molecule has 1 aromatic carbocycles. The Balaban J connectivity index is 2.28. The normalized spacial score (nSPS) is 10.4. The number of hydrogen-bond acceptors (Lipinski definition) is 3. The van der Waals surface area contributed by atoms with Gasteiger partial charge >= 0.3 is 0 Å². The highest BCUT2D eigenvalue weighted by Crippen LogP contribution is 2.21. The maximum absolute atomic E-state index is 13.6. The molecule has 1 aromatic heterocycles. The number of carbonyl (C=O) groups excluding carboxylic acids is 1. The number of aromatic nitrogens is 2. The van der Waals surface area contributed by atoms with Gasteiger partial charge in [-0.2, -0.15) is 5.10 Å². The number of nitrogens with zero attached hydrogens (tertiary/aromatic N) is 2. The quantitative estimate of drug-likeness (QED) is 0.907. The van der Waals surface area contributed by atoms with Crippen molar-refractivity contribution in [1.29, 1.82) is 0 Å². The number of rotatable bonds is 3. The lowest BCUT2D eigenvalue weighted by molar-refractivity contribution is 0.102. The van der Waals surface area contributed by atoms with Crippen LogP contribution in [0.4, 0.5) is 20.3 Å². The standard InChI is InChI=1S/C13H14F2N4O/c1-7-4-11(19(3)18-7)17-13(20)8-5-9(14)12(16-2)10(15)6-8/h4-6,16H,1-3H3,(H,17,20). The van der Waals surface area contributed by atoms with Crippen molar-refractivity contribution in [2.24, 2.45) is 7.05 Å². The van der Waals surface area contributed by atoms with Gasteiger partial charge in [-0.15, -0.1) is 0 Å². The smallest absolute Gasteiger partial charge is 0.257 e. The Hall–Kier alpha value is -2.44. The molecular weight excluding hydrogens is 266 g/mol. The van der Waals surface area contributed by atoms with Crippen LogP contribution in [0.5, 0.6) is 0 Å². The number of carbonyl (C=O) groups is 1. The minimum atomic E-state index is -0.821. The van der Waals surface area contributed by atoms with Gasteiger partial charge in [0.2, 0.25) is 0 Å². The van der Waals surface area contributed by atoms with Gasteiger partial charge in [0.15, 0.2) is 0 Å². The molecule has 0 bridgehead atoms. The van der Waals surface area contributed by atoms with Crippen molar-refractivity contribution in [3.63, 3.8) is 0 Å². The second kappa shape index (κ2) is 5.28. The van der Waals surface area contributed by atoms with Crippen LogP contribution in [-0.4, -0.2) is 22.7 Å². The third-order valence-electron chi connectivity index (χ3n) is 2.80. The van der Waals surface area contributed by atoms with Crippen LogP contribution in [0, 0.1) is 18.6 Å². The van der Waals surface area contributed by atoms with Gasteiger partial charge in [0.25, 0.3) is 5.91 Å². The predicted molar refractivity (Wildman–Crippen MR) is 71.8 cm³/mol. The summed E-state index contributed by atoms with van der Waals surface area (Å²) in [5.74, 6) is -1.79. The van der Waals surface area contributed by atoms with Gasteiger partial charge in [0.05, 0.1) is 5.69 Å². The van der Waals surface area contributed by atoms with Crippen LogP contribution in [0.1, 0.15) is 16.1 Å². The summed E-state index contributed by atoms with van der Waals surface area (Å²) in [7, 11) is 3.06. The second-order valence-corrected chi connectivity index (χ2v) is 4.31. The van der Waals surface area contributed by atoms with Crippen molar-refractivity contribution in [3.8, 4) is 0 Å². The van der Waals surface area contributed by atoms with Crippen LogP contribution in [0.15, 0.2) is 18.2 Å². The van der Waals surface area contributed by atoms with Crippen molar-refractivity contribution >= 4 is 17.4 Å². The summed E-state index contributed by atoms with van der Waals surface area (Å²) in [6.45, 7) is 1.77. The number of anilines is 2. The molecule has 106 valence electrons. The molecule has 0 spiro atoms. The molecule has 0 saturated heterocycles. The van der Waals surface area contributed by atoms with Gasteiger partial charge in [-0.1, -0.05) is 0 Å². The largest absolute Gasteiger partial charge is 0.383 e. The molecular formula is C13H14F2N4O. The predicted octanol–water partition coefficient (Wildman–Crippen LogP) is 2.30. The lowest BCUT2D eigenvalue weighted by atomic mass is 10.1. The second-order valence-electron chi connectivity index (χ2n) is 4.31. The van der Waals surface area contributed by atoms with Gasteiger partial charge in [0.1, 0.15) is 23.1 Å².